The number of anilines is 1. The molecule has 2 N–H and O–H groups in total. The number of hydrogen-bond donors (Lipinski definition) is 1. The Kier molecular flexibility index (Phi) is 4.26. The number of nitrogens with zero attached hydrogens (tertiary/aromatic N) is 3. The molecule has 0 bridgehead atoms. The summed E-state index contributed by atoms with van der Waals surface area (Å²) in [6, 6.07) is 2.22. The molecule has 0 aliphatic heterocycles. The SMILES string of the molecule is Cc1cn(N=Cc2cc(S(=O)(=O)[O-])ccc2S(=O)(=O)[O-])c(N)n1. The number of hydrogen-bond acceptors (Lipinski definition) is 9. The van der Waals surface area contributed by atoms with Crippen molar-refractivity contribution in [1.82, 2.24) is 9.66 Å². The molecule has 1 aromatic carbocycles. The topological polar surface area (TPSA) is 171 Å². The number of nitrogens with two attached hydrogens (primary N) is 1. The van der Waals surface area contributed by atoms with Crippen molar-refractivity contribution < 1.29 is 25.9 Å². The van der Waals surface area contributed by atoms with Crippen molar-refractivity contribution in [1.29, 1.82) is 0 Å². The molecule has 12 heteroatoms. The predicted octanol–water partition coefficient (Wildman–Crippen LogP) is -0.536. The quantitative estimate of drug-likeness (QED) is 0.561. The van der Waals surface area contributed by atoms with Crippen LogP contribution in [0.2, 0.25) is 0 Å². The van der Waals surface area contributed by atoms with Crippen molar-refractivity contribution in [2.75, 3.05) is 5.73 Å². The van der Waals surface area contributed by atoms with Gasteiger partial charge in [-0.2, -0.15) is 5.10 Å². The number of aromatic nitrogens is 2. The van der Waals surface area contributed by atoms with Crippen LogP contribution in [0.25, 0.3) is 0 Å². The van der Waals surface area contributed by atoms with E-state index < -0.39 is 30.0 Å². The third-order valence-corrected chi connectivity index (χ3v) is 4.44. The summed E-state index contributed by atoms with van der Waals surface area (Å²) in [5.74, 6) is -0.00196. The highest BCUT2D eigenvalue weighted by atomic mass is 32.2. The van der Waals surface area contributed by atoms with Gasteiger partial charge in [-0.05, 0) is 25.1 Å². The lowest BCUT2D eigenvalue weighted by atomic mass is 10.2. The molecule has 2 rings (SSSR count). The van der Waals surface area contributed by atoms with E-state index in [1.807, 2.05) is 0 Å². The highest BCUT2D eigenvalue weighted by Crippen LogP contribution is 2.19. The molecule has 2 aromatic rings. The fourth-order valence-corrected chi connectivity index (χ4v) is 2.87. The van der Waals surface area contributed by atoms with Gasteiger partial charge in [0.1, 0.15) is 20.2 Å². The van der Waals surface area contributed by atoms with Crippen LogP contribution < -0.4 is 5.73 Å². The molecule has 0 atom stereocenters. The molecular formula is C11H10N4O6S2-2. The molecule has 23 heavy (non-hydrogen) atoms. The highest BCUT2D eigenvalue weighted by molar-refractivity contribution is 7.86. The van der Waals surface area contributed by atoms with Crippen LogP contribution in [0.4, 0.5) is 5.95 Å². The number of nitrogen functional groups attached to an aromatic ring is 1. The van der Waals surface area contributed by atoms with Crippen LogP contribution in [-0.4, -0.2) is 41.8 Å². The minimum atomic E-state index is -4.90. The summed E-state index contributed by atoms with van der Waals surface area (Å²) < 4.78 is 67.8. The smallest absolute Gasteiger partial charge is 0.221 e. The van der Waals surface area contributed by atoms with Crippen LogP contribution in [0.3, 0.4) is 0 Å². The maximum atomic E-state index is 11.2. The normalized spacial score (nSPS) is 12.8. The van der Waals surface area contributed by atoms with E-state index >= 15 is 0 Å². The molecule has 124 valence electrons. The van der Waals surface area contributed by atoms with Gasteiger partial charge >= 0.3 is 0 Å². The Morgan fingerprint density at radius 2 is 1.87 bits per heavy atom. The summed E-state index contributed by atoms with van der Waals surface area (Å²) in [4.78, 5) is 2.44. The molecule has 0 saturated heterocycles. The number of benzene rings is 1. The van der Waals surface area contributed by atoms with E-state index in [0.717, 1.165) is 29.1 Å². The van der Waals surface area contributed by atoms with Crippen molar-refractivity contribution >= 4 is 32.4 Å². The van der Waals surface area contributed by atoms with E-state index in [2.05, 4.69) is 10.1 Å². The lowest BCUT2D eigenvalue weighted by molar-refractivity contribution is 0.458. The van der Waals surface area contributed by atoms with E-state index in [1.54, 1.807) is 6.92 Å². The van der Waals surface area contributed by atoms with Crippen LogP contribution >= 0.6 is 0 Å². The minimum Gasteiger partial charge on any atom is -0.744 e. The molecule has 10 nitrogen and oxygen atoms in total. The Labute approximate surface area is 131 Å². The van der Waals surface area contributed by atoms with Crippen molar-refractivity contribution in [3.05, 3.63) is 35.7 Å². The van der Waals surface area contributed by atoms with Gasteiger partial charge in [0.25, 0.3) is 0 Å². The summed E-state index contributed by atoms with van der Waals surface area (Å²) >= 11 is 0. The second-order valence-corrected chi connectivity index (χ2v) is 7.17. The summed E-state index contributed by atoms with van der Waals surface area (Å²) in [5, 5.41) is 3.80. The summed E-state index contributed by atoms with van der Waals surface area (Å²) in [5.41, 5.74) is 5.72. The van der Waals surface area contributed by atoms with Crippen LogP contribution in [-0.2, 0) is 20.2 Å². The average molecular weight is 358 g/mol. The van der Waals surface area contributed by atoms with Gasteiger partial charge in [-0.15, -0.1) is 0 Å². The summed E-state index contributed by atoms with van der Waals surface area (Å²) in [6.45, 7) is 1.64. The first-order chi connectivity index (χ1) is 10.5. The second-order valence-electron chi connectivity index (χ2n) is 4.44. The molecule has 1 aromatic heterocycles. The zero-order chi connectivity index (χ0) is 17.4. The van der Waals surface area contributed by atoms with E-state index in [-0.39, 0.29) is 11.5 Å². The van der Waals surface area contributed by atoms with E-state index in [9.17, 15) is 25.9 Å². The molecule has 0 spiro atoms. The molecule has 0 saturated carbocycles. The molecule has 0 fully saturated rings. The lowest BCUT2D eigenvalue weighted by Gasteiger charge is -2.13. The van der Waals surface area contributed by atoms with Gasteiger partial charge in [0.2, 0.25) is 5.95 Å². The molecule has 0 aliphatic carbocycles. The first kappa shape index (κ1) is 17.1. The fourth-order valence-electron chi connectivity index (χ4n) is 1.73. The maximum Gasteiger partial charge on any atom is 0.221 e. The van der Waals surface area contributed by atoms with Crippen LogP contribution in [0.1, 0.15) is 11.3 Å². The first-order valence-electron chi connectivity index (χ1n) is 5.90. The molecule has 0 amide bonds. The maximum absolute atomic E-state index is 11.2. The van der Waals surface area contributed by atoms with Gasteiger partial charge in [0.15, 0.2) is 0 Å². The van der Waals surface area contributed by atoms with Crippen LogP contribution in [0.15, 0.2) is 39.3 Å². The Bertz CT molecular complexity index is 992. The fraction of sp³-hybridized carbons (Fsp3) is 0.0909. The van der Waals surface area contributed by atoms with Gasteiger partial charge in [-0.25, -0.2) is 26.5 Å². The van der Waals surface area contributed by atoms with Crippen LogP contribution in [0, 0.1) is 6.92 Å². The first-order valence-corrected chi connectivity index (χ1v) is 8.72. The Morgan fingerprint density at radius 3 is 2.35 bits per heavy atom. The summed E-state index contributed by atoms with van der Waals surface area (Å²) in [7, 11) is -9.73. The third-order valence-electron chi connectivity index (χ3n) is 2.70. The van der Waals surface area contributed by atoms with E-state index in [1.165, 1.54) is 6.20 Å². The van der Waals surface area contributed by atoms with Gasteiger partial charge in [0, 0.05) is 5.56 Å². The van der Waals surface area contributed by atoms with E-state index in [4.69, 9.17) is 5.73 Å². The Hall–Kier alpha value is -2.28. The monoisotopic (exact) mass is 358 g/mol. The van der Waals surface area contributed by atoms with Gasteiger partial charge in [-0.1, -0.05) is 0 Å². The van der Waals surface area contributed by atoms with Gasteiger partial charge in [0.05, 0.1) is 27.9 Å². The standard InChI is InChI=1S/C11H12N4O6S2/c1-7-6-15(11(12)14-7)13-5-8-4-9(22(16,17)18)2-3-10(8)23(19,20)21/h2-6H,1H3,(H2,12,14)(H,16,17,18)(H,19,20,21)/p-2. The molecule has 1 heterocycles. The Morgan fingerprint density at radius 1 is 1.22 bits per heavy atom. The zero-order valence-corrected chi connectivity index (χ0v) is 13.2. The van der Waals surface area contributed by atoms with Crippen LogP contribution in [0.5, 0.6) is 0 Å². The van der Waals surface area contributed by atoms with Gasteiger partial charge < -0.3 is 14.8 Å². The molecular weight excluding hydrogens is 348 g/mol. The molecule has 0 unspecified atom stereocenters. The van der Waals surface area contributed by atoms with Crippen molar-refractivity contribution in [3.63, 3.8) is 0 Å². The third kappa shape index (κ3) is 3.92. The highest BCUT2D eigenvalue weighted by Gasteiger charge is 2.11. The predicted molar refractivity (Wildman–Crippen MR) is 76.7 cm³/mol. The Balaban J connectivity index is 2.60. The largest absolute Gasteiger partial charge is 0.744 e. The number of aryl methyl sites for hydroxylation is 1. The van der Waals surface area contributed by atoms with Gasteiger partial charge in [-0.3, -0.25) is 0 Å². The van der Waals surface area contributed by atoms with Crippen molar-refractivity contribution in [2.24, 2.45) is 5.10 Å². The van der Waals surface area contributed by atoms with E-state index in [0.29, 0.717) is 5.69 Å². The second kappa shape index (κ2) is 5.73. The summed E-state index contributed by atoms with van der Waals surface area (Å²) in [6.07, 6.45) is 2.32. The number of rotatable bonds is 4. The minimum absolute atomic E-state index is 0.00196. The molecule has 0 radical (unpaired) electrons. The van der Waals surface area contributed by atoms with Crippen molar-refractivity contribution in [2.45, 2.75) is 16.7 Å². The molecule has 0 aliphatic rings. The average Bonchev–Trinajstić information content (AvgIpc) is 2.72. The lowest BCUT2D eigenvalue weighted by Crippen LogP contribution is -2.07. The zero-order valence-electron chi connectivity index (χ0n) is 11.6. The van der Waals surface area contributed by atoms with Crippen molar-refractivity contribution in [3.8, 4) is 0 Å². The number of imidazole rings is 1.